The van der Waals surface area contributed by atoms with Crippen LogP contribution in [0.15, 0.2) is 24.3 Å². The Morgan fingerprint density at radius 3 is 2.39 bits per heavy atom. The van der Waals surface area contributed by atoms with Crippen LogP contribution in [0.25, 0.3) is 11.0 Å². The van der Waals surface area contributed by atoms with Gasteiger partial charge in [0.1, 0.15) is 23.3 Å². The fourth-order valence-corrected chi connectivity index (χ4v) is 3.22. The zero-order chi connectivity index (χ0) is 22.9. The van der Waals surface area contributed by atoms with Crippen molar-refractivity contribution in [3.63, 3.8) is 0 Å². The third kappa shape index (κ3) is 4.37. The summed E-state index contributed by atoms with van der Waals surface area (Å²) in [6.45, 7) is 3.31. The molecular weight excluding hydrogens is 409 g/mol. The van der Waals surface area contributed by atoms with Crippen LogP contribution in [0.2, 0.25) is 0 Å². The van der Waals surface area contributed by atoms with Crippen LogP contribution in [0.3, 0.4) is 0 Å². The van der Waals surface area contributed by atoms with Crippen molar-refractivity contribution in [2.24, 2.45) is 0 Å². The first-order valence-corrected chi connectivity index (χ1v) is 9.55. The summed E-state index contributed by atoms with van der Waals surface area (Å²) in [5.41, 5.74) is 0.0679. The number of pyridine rings is 1. The molecule has 1 atom stereocenters. The second kappa shape index (κ2) is 8.75. The molecule has 0 saturated carbocycles. The summed E-state index contributed by atoms with van der Waals surface area (Å²) in [6.07, 6.45) is -2.92. The largest absolute Gasteiger partial charge is 0.372 e. The number of hydrogen-bond donors (Lipinski definition) is 2. The molecular formula is C21H23F3N6O. The fourth-order valence-electron chi connectivity index (χ4n) is 3.22. The first kappa shape index (κ1) is 22.3. The van der Waals surface area contributed by atoms with Gasteiger partial charge < -0.3 is 15.5 Å². The average molecular weight is 432 g/mol. The van der Waals surface area contributed by atoms with E-state index in [1.807, 2.05) is 0 Å². The third-order valence-corrected chi connectivity index (χ3v) is 4.79. The predicted molar refractivity (Wildman–Crippen MR) is 113 cm³/mol. The maximum atomic E-state index is 14.6. The second-order valence-corrected chi connectivity index (χ2v) is 7.24. The van der Waals surface area contributed by atoms with Gasteiger partial charge in [-0.25, -0.2) is 28.1 Å². The highest BCUT2D eigenvalue weighted by Crippen LogP contribution is 2.31. The molecule has 2 heterocycles. The number of aromatic nitrogens is 3. The van der Waals surface area contributed by atoms with E-state index < -0.39 is 23.8 Å². The summed E-state index contributed by atoms with van der Waals surface area (Å²) in [7, 11) is 4.89. The summed E-state index contributed by atoms with van der Waals surface area (Å²) in [6, 6.07) is 4.80. The molecule has 2 aromatic heterocycles. The van der Waals surface area contributed by atoms with Gasteiger partial charge in [0.05, 0.1) is 22.6 Å². The number of aryl methyl sites for hydroxylation is 1. The Morgan fingerprint density at radius 1 is 1.10 bits per heavy atom. The highest BCUT2D eigenvalue weighted by atomic mass is 19.3. The van der Waals surface area contributed by atoms with E-state index >= 15 is 0 Å². The van der Waals surface area contributed by atoms with E-state index in [4.69, 9.17) is 0 Å². The SMILES string of the molecule is CNc1nc2nc(C)nc(N[C@H](C)c3cccc(C(F)F)c3F)c2cc1C(=O)N(C)C. The lowest BCUT2D eigenvalue weighted by molar-refractivity contribution is 0.0828. The lowest BCUT2D eigenvalue weighted by Crippen LogP contribution is -2.23. The molecule has 0 aliphatic carbocycles. The summed E-state index contributed by atoms with van der Waals surface area (Å²) in [4.78, 5) is 27.1. The Balaban J connectivity index is 2.11. The number of carbonyl (C=O) groups excluding carboxylic acids is 1. The van der Waals surface area contributed by atoms with E-state index in [1.165, 1.54) is 17.0 Å². The second-order valence-electron chi connectivity index (χ2n) is 7.24. The zero-order valence-corrected chi connectivity index (χ0v) is 17.8. The predicted octanol–water partition coefficient (Wildman–Crippen LogP) is 4.33. The minimum Gasteiger partial charge on any atom is -0.372 e. The number of alkyl halides is 2. The van der Waals surface area contributed by atoms with Gasteiger partial charge in [-0.15, -0.1) is 0 Å². The van der Waals surface area contributed by atoms with Crippen molar-refractivity contribution >= 4 is 28.6 Å². The number of hydrogen-bond acceptors (Lipinski definition) is 6. The van der Waals surface area contributed by atoms with Crippen LogP contribution in [0, 0.1) is 12.7 Å². The van der Waals surface area contributed by atoms with Gasteiger partial charge in [0, 0.05) is 26.7 Å². The summed E-state index contributed by atoms with van der Waals surface area (Å²) in [5.74, 6) is -0.148. The normalized spacial score (nSPS) is 12.2. The van der Waals surface area contributed by atoms with Gasteiger partial charge in [0.15, 0.2) is 5.65 Å². The number of rotatable bonds is 6. The Hall–Kier alpha value is -3.43. The number of amides is 1. The summed E-state index contributed by atoms with van der Waals surface area (Å²) >= 11 is 0. The Labute approximate surface area is 177 Å². The van der Waals surface area contributed by atoms with E-state index in [9.17, 15) is 18.0 Å². The minimum absolute atomic E-state index is 0.0756. The lowest BCUT2D eigenvalue weighted by Gasteiger charge is -2.19. The monoisotopic (exact) mass is 432 g/mol. The third-order valence-electron chi connectivity index (χ3n) is 4.79. The van der Waals surface area contributed by atoms with Crippen molar-refractivity contribution in [3.05, 3.63) is 52.6 Å². The molecule has 3 aromatic rings. The average Bonchev–Trinajstić information content (AvgIpc) is 2.71. The minimum atomic E-state index is -2.92. The van der Waals surface area contributed by atoms with E-state index in [0.29, 0.717) is 34.1 Å². The highest BCUT2D eigenvalue weighted by Gasteiger charge is 2.22. The molecule has 31 heavy (non-hydrogen) atoms. The molecule has 0 spiro atoms. The van der Waals surface area contributed by atoms with Crippen LogP contribution >= 0.6 is 0 Å². The van der Waals surface area contributed by atoms with E-state index in [-0.39, 0.29) is 11.5 Å². The quantitative estimate of drug-likeness (QED) is 0.604. The van der Waals surface area contributed by atoms with Crippen molar-refractivity contribution in [1.29, 1.82) is 0 Å². The van der Waals surface area contributed by atoms with Gasteiger partial charge in [-0.1, -0.05) is 18.2 Å². The van der Waals surface area contributed by atoms with Crippen LogP contribution in [-0.4, -0.2) is 46.9 Å². The molecule has 2 N–H and O–H groups in total. The number of carbonyl (C=O) groups is 1. The molecule has 7 nitrogen and oxygen atoms in total. The molecule has 3 rings (SSSR count). The molecule has 0 fully saturated rings. The summed E-state index contributed by atoms with van der Waals surface area (Å²) in [5, 5.41) is 6.40. The molecule has 1 amide bonds. The molecule has 0 saturated heterocycles. The maximum absolute atomic E-state index is 14.6. The number of fused-ring (bicyclic) bond motifs is 1. The van der Waals surface area contributed by atoms with E-state index in [2.05, 4.69) is 25.6 Å². The Morgan fingerprint density at radius 2 is 1.77 bits per heavy atom. The molecule has 0 aliphatic heterocycles. The Bertz CT molecular complexity index is 1140. The zero-order valence-electron chi connectivity index (χ0n) is 17.8. The number of anilines is 2. The van der Waals surface area contributed by atoms with Crippen molar-refractivity contribution < 1.29 is 18.0 Å². The van der Waals surface area contributed by atoms with Crippen LogP contribution in [0.1, 0.15) is 46.7 Å². The number of nitrogens with one attached hydrogen (secondary N) is 2. The van der Waals surface area contributed by atoms with Gasteiger partial charge in [0.2, 0.25) is 0 Å². The smallest absolute Gasteiger partial charge is 0.266 e. The van der Waals surface area contributed by atoms with Crippen molar-refractivity contribution in [2.45, 2.75) is 26.3 Å². The first-order chi connectivity index (χ1) is 14.6. The van der Waals surface area contributed by atoms with Gasteiger partial charge in [-0.05, 0) is 19.9 Å². The van der Waals surface area contributed by atoms with Crippen molar-refractivity contribution in [3.8, 4) is 0 Å². The lowest BCUT2D eigenvalue weighted by atomic mass is 10.0. The number of nitrogens with zero attached hydrogens (tertiary/aromatic N) is 4. The van der Waals surface area contributed by atoms with Gasteiger partial charge >= 0.3 is 0 Å². The van der Waals surface area contributed by atoms with E-state index in [1.54, 1.807) is 41.1 Å². The number of benzene rings is 1. The maximum Gasteiger partial charge on any atom is 0.266 e. The topological polar surface area (TPSA) is 83.0 Å². The summed E-state index contributed by atoms with van der Waals surface area (Å²) < 4.78 is 40.8. The molecule has 0 radical (unpaired) electrons. The van der Waals surface area contributed by atoms with Crippen molar-refractivity contribution in [1.82, 2.24) is 19.9 Å². The van der Waals surface area contributed by atoms with Gasteiger partial charge in [0.25, 0.3) is 12.3 Å². The van der Waals surface area contributed by atoms with Gasteiger partial charge in [-0.2, -0.15) is 0 Å². The first-order valence-electron chi connectivity index (χ1n) is 9.55. The van der Waals surface area contributed by atoms with Crippen molar-refractivity contribution in [2.75, 3.05) is 31.8 Å². The van der Waals surface area contributed by atoms with Crippen LogP contribution in [0.4, 0.5) is 24.8 Å². The molecule has 0 unspecified atom stereocenters. The molecule has 0 aliphatic rings. The van der Waals surface area contributed by atoms with Gasteiger partial charge in [-0.3, -0.25) is 4.79 Å². The van der Waals surface area contributed by atoms with Crippen LogP contribution in [-0.2, 0) is 0 Å². The molecule has 0 bridgehead atoms. The van der Waals surface area contributed by atoms with Crippen LogP contribution in [0.5, 0.6) is 0 Å². The molecule has 10 heteroatoms. The highest BCUT2D eigenvalue weighted by molar-refractivity contribution is 6.03. The molecule has 164 valence electrons. The number of halogens is 3. The van der Waals surface area contributed by atoms with Crippen LogP contribution < -0.4 is 10.6 Å². The Kier molecular flexibility index (Phi) is 6.28. The van der Waals surface area contributed by atoms with E-state index in [0.717, 1.165) is 6.07 Å². The standard InChI is InChI=1S/C21H23F3N6O/c1-10(12-7-6-8-13(16(12)22)17(23)24)26-19-14-9-15(21(31)30(4)5)18(25-3)29-20(14)28-11(2)27-19/h6-10,17H,1-5H3,(H2,25,26,27,28,29)/t10-/m1/s1. The molecule has 1 aromatic carbocycles. The fraction of sp³-hybridized carbons (Fsp3) is 0.333.